The number of nitrogens with one attached hydrogen (secondary N) is 1. The van der Waals surface area contributed by atoms with Crippen molar-refractivity contribution < 1.29 is 14.3 Å². The zero-order valence-corrected chi connectivity index (χ0v) is 9.67. The third kappa shape index (κ3) is 3.14. The Morgan fingerprint density at radius 2 is 2.33 bits per heavy atom. The third-order valence-corrected chi connectivity index (χ3v) is 2.32. The molecule has 2 rings (SSSR count). The molecule has 0 bridgehead atoms. The Bertz CT molecular complexity index is 511. The molecule has 94 valence electrons. The number of aliphatic hydroxyl groups is 1. The second-order valence-corrected chi connectivity index (χ2v) is 3.70. The second kappa shape index (κ2) is 5.92. The molecule has 0 aliphatic heterocycles. The van der Waals surface area contributed by atoms with Crippen molar-refractivity contribution in [1.29, 1.82) is 0 Å². The summed E-state index contributed by atoms with van der Waals surface area (Å²) in [6.45, 7) is 0.00937. The van der Waals surface area contributed by atoms with Crippen LogP contribution in [-0.2, 0) is 4.79 Å². The highest BCUT2D eigenvalue weighted by atomic mass is 16.4. The van der Waals surface area contributed by atoms with Crippen molar-refractivity contribution in [3.63, 3.8) is 0 Å². The number of aliphatic hydroxyl groups excluding tert-OH is 1. The number of nitrogens with zero attached hydrogens (tertiary/aromatic N) is 2. The van der Waals surface area contributed by atoms with Gasteiger partial charge in [-0.05, 0) is 24.6 Å². The molecule has 1 aromatic heterocycles. The van der Waals surface area contributed by atoms with Gasteiger partial charge in [-0.15, -0.1) is 10.2 Å². The Balaban J connectivity index is 2.06. The van der Waals surface area contributed by atoms with E-state index < -0.39 is 0 Å². The van der Waals surface area contributed by atoms with E-state index in [-0.39, 0.29) is 12.5 Å². The van der Waals surface area contributed by atoms with Crippen LogP contribution in [0.15, 0.2) is 35.1 Å². The van der Waals surface area contributed by atoms with Crippen LogP contribution in [0.2, 0.25) is 0 Å². The molecule has 1 amide bonds. The number of rotatable bonds is 5. The lowest BCUT2D eigenvalue weighted by molar-refractivity contribution is -0.116. The maximum atomic E-state index is 11.5. The van der Waals surface area contributed by atoms with E-state index in [0.717, 1.165) is 5.56 Å². The summed E-state index contributed by atoms with van der Waals surface area (Å²) < 4.78 is 5.08. The number of amides is 1. The van der Waals surface area contributed by atoms with Gasteiger partial charge in [0.2, 0.25) is 18.2 Å². The van der Waals surface area contributed by atoms with E-state index in [0.29, 0.717) is 24.4 Å². The molecule has 0 unspecified atom stereocenters. The van der Waals surface area contributed by atoms with E-state index in [4.69, 9.17) is 9.52 Å². The lowest BCUT2D eigenvalue weighted by Gasteiger charge is -2.05. The van der Waals surface area contributed by atoms with Gasteiger partial charge in [-0.25, -0.2) is 0 Å². The summed E-state index contributed by atoms with van der Waals surface area (Å²) in [6.07, 6.45) is 2.00. The van der Waals surface area contributed by atoms with Crippen molar-refractivity contribution in [3.05, 3.63) is 30.7 Å². The third-order valence-electron chi connectivity index (χ3n) is 2.32. The molecule has 0 saturated carbocycles. The molecule has 0 atom stereocenters. The van der Waals surface area contributed by atoms with E-state index in [1.54, 1.807) is 18.2 Å². The van der Waals surface area contributed by atoms with Crippen LogP contribution in [0, 0.1) is 0 Å². The first-order chi connectivity index (χ1) is 8.79. The maximum absolute atomic E-state index is 11.5. The molecule has 0 radical (unpaired) electrons. The molecule has 0 aliphatic rings. The molecule has 0 spiro atoms. The van der Waals surface area contributed by atoms with Gasteiger partial charge in [-0.1, -0.05) is 6.07 Å². The zero-order chi connectivity index (χ0) is 12.8. The molecule has 2 aromatic rings. The van der Waals surface area contributed by atoms with E-state index in [9.17, 15) is 4.79 Å². The number of carbonyl (C=O) groups is 1. The molecule has 2 N–H and O–H groups in total. The van der Waals surface area contributed by atoms with E-state index in [2.05, 4.69) is 15.5 Å². The van der Waals surface area contributed by atoms with Crippen molar-refractivity contribution in [3.8, 4) is 11.5 Å². The maximum Gasteiger partial charge on any atom is 0.247 e. The number of hydrogen-bond acceptors (Lipinski definition) is 5. The van der Waals surface area contributed by atoms with Crippen molar-refractivity contribution in [2.45, 2.75) is 12.8 Å². The molecular weight excluding hydrogens is 234 g/mol. The number of anilines is 1. The van der Waals surface area contributed by atoms with Crippen LogP contribution in [0.3, 0.4) is 0 Å². The predicted octanol–water partition coefficient (Wildman–Crippen LogP) is 1.45. The number of aromatic nitrogens is 2. The fraction of sp³-hybridized carbons (Fsp3) is 0.250. The largest absolute Gasteiger partial charge is 0.423 e. The van der Waals surface area contributed by atoms with Gasteiger partial charge in [-0.2, -0.15) is 0 Å². The van der Waals surface area contributed by atoms with Crippen LogP contribution in [0.4, 0.5) is 5.69 Å². The molecule has 0 saturated heterocycles. The highest BCUT2D eigenvalue weighted by molar-refractivity contribution is 5.91. The second-order valence-electron chi connectivity index (χ2n) is 3.70. The summed E-state index contributed by atoms with van der Waals surface area (Å²) in [5.41, 5.74) is 1.40. The van der Waals surface area contributed by atoms with Gasteiger partial charge in [-0.3, -0.25) is 4.79 Å². The first kappa shape index (κ1) is 12.3. The standard InChI is InChI=1S/C12H13N3O3/c16-6-2-5-11(17)14-10-4-1-3-9(7-10)12-15-13-8-18-12/h1,3-4,7-8,16H,2,5-6H2,(H,14,17). The summed E-state index contributed by atoms with van der Waals surface area (Å²) in [5.74, 6) is 0.271. The smallest absolute Gasteiger partial charge is 0.247 e. The molecule has 6 nitrogen and oxygen atoms in total. The van der Waals surface area contributed by atoms with Crippen LogP contribution in [-0.4, -0.2) is 27.8 Å². The Labute approximate surface area is 104 Å². The lowest BCUT2D eigenvalue weighted by Crippen LogP contribution is -2.11. The Morgan fingerprint density at radius 3 is 3.06 bits per heavy atom. The summed E-state index contributed by atoms with van der Waals surface area (Å²) in [6, 6.07) is 7.14. The van der Waals surface area contributed by atoms with Gasteiger partial charge in [0.25, 0.3) is 0 Å². The number of hydrogen-bond donors (Lipinski definition) is 2. The summed E-state index contributed by atoms with van der Waals surface area (Å²) in [4.78, 5) is 11.5. The van der Waals surface area contributed by atoms with Gasteiger partial charge >= 0.3 is 0 Å². The molecule has 0 aliphatic carbocycles. The highest BCUT2D eigenvalue weighted by Gasteiger charge is 2.06. The summed E-state index contributed by atoms with van der Waals surface area (Å²) in [5, 5.41) is 18.8. The minimum absolute atomic E-state index is 0.00937. The van der Waals surface area contributed by atoms with Crippen molar-refractivity contribution in [2.75, 3.05) is 11.9 Å². The van der Waals surface area contributed by atoms with Gasteiger partial charge in [0.15, 0.2) is 0 Å². The average Bonchev–Trinajstić information content (AvgIpc) is 2.90. The minimum Gasteiger partial charge on any atom is -0.423 e. The van der Waals surface area contributed by atoms with E-state index >= 15 is 0 Å². The molecule has 6 heteroatoms. The van der Waals surface area contributed by atoms with Crippen molar-refractivity contribution in [2.24, 2.45) is 0 Å². The molecule has 18 heavy (non-hydrogen) atoms. The summed E-state index contributed by atoms with van der Waals surface area (Å²) >= 11 is 0. The first-order valence-corrected chi connectivity index (χ1v) is 5.57. The number of benzene rings is 1. The summed E-state index contributed by atoms with van der Waals surface area (Å²) in [7, 11) is 0. The monoisotopic (exact) mass is 247 g/mol. The average molecular weight is 247 g/mol. The molecular formula is C12H13N3O3. The highest BCUT2D eigenvalue weighted by Crippen LogP contribution is 2.20. The topological polar surface area (TPSA) is 88.2 Å². The van der Waals surface area contributed by atoms with Gasteiger partial charge in [0, 0.05) is 24.3 Å². The fourth-order valence-electron chi connectivity index (χ4n) is 1.49. The Morgan fingerprint density at radius 1 is 1.44 bits per heavy atom. The van der Waals surface area contributed by atoms with Crippen LogP contribution < -0.4 is 5.32 Å². The quantitative estimate of drug-likeness (QED) is 0.834. The SMILES string of the molecule is O=C(CCCO)Nc1cccc(-c2nnco2)c1. The van der Waals surface area contributed by atoms with Gasteiger partial charge in [0.1, 0.15) is 0 Å². The molecule has 1 heterocycles. The van der Waals surface area contributed by atoms with Crippen LogP contribution in [0.1, 0.15) is 12.8 Å². The minimum atomic E-state index is -0.133. The first-order valence-electron chi connectivity index (χ1n) is 5.57. The van der Waals surface area contributed by atoms with Crippen molar-refractivity contribution in [1.82, 2.24) is 10.2 Å². The Kier molecular flexibility index (Phi) is 4.03. The lowest BCUT2D eigenvalue weighted by atomic mass is 10.2. The number of carbonyl (C=O) groups excluding carboxylic acids is 1. The van der Waals surface area contributed by atoms with Crippen LogP contribution >= 0.6 is 0 Å². The predicted molar refractivity (Wildman–Crippen MR) is 64.7 cm³/mol. The van der Waals surface area contributed by atoms with Crippen LogP contribution in [0.25, 0.3) is 11.5 Å². The van der Waals surface area contributed by atoms with Gasteiger partial charge in [0.05, 0.1) is 0 Å². The van der Waals surface area contributed by atoms with Gasteiger partial charge < -0.3 is 14.8 Å². The van der Waals surface area contributed by atoms with E-state index in [1.807, 2.05) is 6.07 Å². The zero-order valence-electron chi connectivity index (χ0n) is 9.67. The normalized spacial score (nSPS) is 10.3. The molecule has 0 fully saturated rings. The Hall–Kier alpha value is -2.21. The van der Waals surface area contributed by atoms with Crippen LogP contribution in [0.5, 0.6) is 0 Å². The fourth-order valence-corrected chi connectivity index (χ4v) is 1.49. The molecule has 1 aromatic carbocycles. The van der Waals surface area contributed by atoms with E-state index in [1.165, 1.54) is 6.39 Å². The van der Waals surface area contributed by atoms with Crippen molar-refractivity contribution >= 4 is 11.6 Å².